The highest BCUT2D eigenvalue weighted by molar-refractivity contribution is 7.13. The molecule has 3 amide bonds. The van der Waals surface area contributed by atoms with E-state index in [9.17, 15) is 24.6 Å². The SMILES string of the molecule is Cc1cc(-c2ncc(CCCCCCCC(=O)N[C@H](C(=O)N3C[C@H](O)C[C@H]3C(=O)N[C@@H](C)c3ccc(-c4scnc4C)cc3)C(C)(C)C)cn2)ccc1O. The highest BCUT2D eigenvalue weighted by atomic mass is 32.1. The Balaban J connectivity index is 1.06. The molecule has 0 bridgehead atoms. The zero-order valence-corrected chi connectivity index (χ0v) is 33.1. The summed E-state index contributed by atoms with van der Waals surface area (Å²) < 4.78 is 0. The number of hydrogen-bond acceptors (Lipinski definition) is 9. The van der Waals surface area contributed by atoms with E-state index in [-0.39, 0.29) is 42.5 Å². The van der Waals surface area contributed by atoms with Crippen LogP contribution in [0.1, 0.15) is 101 Å². The van der Waals surface area contributed by atoms with E-state index in [1.807, 2.05) is 95.8 Å². The fraction of sp³-hybridized carbons (Fsp3) is 0.476. The second kappa shape index (κ2) is 18.1. The maximum Gasteiger partial charge on any atom is 0.246 e. The summed E-state index contributed by atoms with van der Waals surface area (Å²) in [6.45, 7) is 11.4. The first-order chi connectivity index (χ1) is 25.7. The number of rotatable bonds is 15. The Bertz CT molecular complexity index is 1890. The Morgan fingerprint density at radius 1 is 0.926 bits per heavy atom. The summed E-state index contributed by atoms with van der Waals surface area (Å²) >= 11 is 1.59. The third kappa shape index (κ3) is 10.5. The Labute approximate surface area is 322 Å². The van der Waals surface area contributed by atoms with Gasteiger partial charge in [-0.3, -0.25) is 14.4 Å². The molecule has 0 aliphatic carbocycles. The van der Waals surface area contributed by atoms with Gasteiger partial charge in [-0.05, 0) is 85.9 Å². The van der Waals surface area contributed by atoms with E-state index in [4.69, 9.17) is 0 Å². The minimum atomic E-state index is -0.850. The van der Waals surface area contributed by atoms with Gasteiger partial charge in [0.25, 0.3) is 0 Å². The minimum Gasteiger partial charge on any atom is -0.508 e. The molecule has 4 aromatic rings. The lowest BCUT2D eigenvalue weighted by Gasteiger charge is -2.35. The number of aromatic nitrogens is 3. The number of β-amino-alcohol motifs (C(OH)–C–C–N with tert-alkyl or cyclic N) is 1. The monoisotopic (exact) mass is 754 g/mol. The number of carbonyl (C=O) groups excluding carboxylic acids is 3. The molecule has 4 N–H and O–H groups in total. The summed E-state index contributed by atoms with van der Waals surface area (Å²) in [5.41, 5.74) is 6.90. The number of amides is 3. The summed E-state index contributed by atoms with van der Waals surface area (Å²) in [4.78, 5) is 56.6. The van der Waals surface area contributed by atoms with Crippen LogP contribution in [0.3, 0.4) is 0 Å². The topological polar surface area (TPSA) is 158 Å². The number of thiazole rings is 1. The van der Waals surface area contributed by atoms with Crippen molar-refractivity contribution in [3.63, 3.8) is 0 Å². The molecular weight excluding hydrogens is 701 g/mol. The van der Waals surface area contributed by atoms with Crippen LogP contribution in [-0.4, -0.2) is 72.5 Å². The lowest BCUT2D eigenvalue weighted by molar-refractivity contribution is -0.144. The van der Waals surface area contributed by atoms with E-state index in [2.05, 4.69) is 25.6 Å². The molecular formula is C42H54N6O5S. The molecule has 5 rings (SSSR count). The zero-order chi connectivity index (χ0) is 39.0. The maximum absolute atomic E-state index is 14.0. The van der Waals surface area contributed by atoms with E-state index in [1.165, 1.54) is 4.90 Å². The number of hydrogen-bond donors (Lipinski definition) is 4. The molecule has 288 valence electrons. The van der Waals surface area contributed by atoms with E-state index in [0.29, 0.717) is 18.7 Å². The van der Waals surface area contributed by atoms with Gasteiger partial charge in [0.05, 0.1) is 28.2 Å². The van der Waals surface area contributed by atoms with Gasteiger partial charge in [0.2, 0.25) is 17.7 Å². The van der Waals surface area contributed by atoms with Crippen LogP contribution in [0.2, 0.25) is 0 Å². The molecule has 1 fully saturated rings. The van der Waals surface area contributed by atoms with Crippen molar-refractivity contribution in [2.24, 2.45) is 5.41 Å². The second-order valence-corrected chi connectivity index (χ2v) is 16.4. The predicted molar refractivity (Wildman–Crippen MR) is 212 cm³/mol. The second-order valence-electron chi connectivity index (χ2n) is 15.6. The number of aliphatic hydroxyl groups is 1. The average Bonchev–Trinajstić information content (AvgIpc) is 3.76. The van der Waals surface area contributed by atoms with Crippen LogP contribution in [0.25, 0.3) is 21.8 Å². The summed E-state index contributed by atoms with van der Waals surface area (Å²) in [6, 6.07) is 11.3. The number of nitrogens with one attached hydrogen (secondary N) is 2. The zero-order valence-electron chi connectivity index (χ0n) is 32.3. The molecule has 0 unspecified atom stereocenters. The van der Waals surface area contributed by atoms with Gasteiger partial charge in [-0.1, -0.05) is 64.3 Å². The predicted octanol–water partition coefficient (Wildman–Crippen LogP) is 6.84. The van der Waals surface area contributed by atoms with E-state index in [1.54, 1.807) is 17.4 Å². The molecule has 54 heavy (non-hydrogen) atoms. The number of benzene rings is 2. The molecule has 4 atom stereocenters. The molecule has 1 aliphatic rings. The van der Waals surface area contributed by atoms with Crippen LogP contribution in [0, 0.1) is 19.3 Å². The Kier molecular flexibility index (Phi) is 13.6. The van der Waals surface area contributed by atoms with Crippen LogP contribution < -0.4 is 10.6 Å². The first-order valence-corrected chi connectivity index (χ1v) is 19.8. The number of carbonyl (C=O) groups is 3. The Hall–Kier alpha value is -4.68. The van der Waals surface area contributed by atoms with Crippen molar-refractivity contribution in [2.75, 3.05) is 6.54 Å². The molecule has 11 nitrogen and oxygen atoms in total. The van der Waals surface area contributed by atoms with Gasteiger partial charge in [-0.25, -0.2) is 15.0 Å². The average molecular weight is 755 g/mol. The molecule has 2 aromatic carbocycles. The first kappa shape index (κ1) is 40.5. The molecule has 2 aromatic heterocycles. The summed E-state index contributed by atoms with van der Waals surface area (Å²) in [7, 11) is 0. The van der Waals surface area contributed by atoms with Crippen LogP contribution in [-0.2, 0) is 20.8 Å². The quantitative estimate of drug-likeness (QED) is 0.0961. The van der Waals surface area contributed by atoms with Gasteiger partial charge in [-0.2, -0.15) is 0 Å². The van der Waals surface area contributed by atoms with Crippen molar-refractivity contribution in [3.05, 3.63) is 82.8 Å². The molecule has 1 aliphatic heterocycles. The van der Waals surface area contributed by atoms with Gasteiger partial charge in [0.15, 0.2) is 5.82 Å². The standard InChI is InChI=1S/C42H54N6O5S/c1-26-20-32(18-19-35(26)50)39-43-22-29(23-44-39)12-10-8-7-9-11-13-36(51)47-38(42(4,5)6)41(53)48-24-33(49)21-34(48)40(52)46-27(2)30-14-16-31(17-15-30)37-28(3)45-25-54-37/h14-20,22-23,25,27,33-34,38,49-50H,7-13,21,24H2,1-6H3,(H,46,52)(H,47,51)/t27-,33+,34-,38+/m0/s1. The number of aryl methyl sites for hydroxylation is 3. The van der Waals surface area contributed by atoms with Crippen molar-refractivity contribution < 1.29 is 24.6 Å². The third-order valence-electron chi connectivity index (χ3n) is 10.1. The number of aromatic hydroxyl groups is 1. The summed E-state index contributed by atoms with van der Waals surface area (Å²) in [6.07, 6.45) is 8.76. The van der Waals surface area contributed by atoms with Gasteiger partial charge in [0.1, 0.15) is 17.8 Å². The van der Waals surface area contributed by atoms with Gasteiger partial charge in [-0.15, -0.1) is 11.3 Å². The largest absolute Gasteiger partial charge is 0.508 e. The number of unbranched alkanes of at least 4 members (excludes halogenated alkanes) is 4. The number of phenols is 1. The van der Waals surface area contributed by atoms with Crippen molar-refractivity contribution in [1.82, 2.24) is 30.5 Å². The maximum atomic E-state index is 14.0. The van der Waals surface area contributed by atoms with Crippen molar-refractivity contribution >= 4 is 29.1 Å². The normalized spacial score (nSPS) is 16.9. The third-order valence-corrected chi connectivity index (χ3v) is 11.1. The Morgan fingerprint density at radius 2 is 1.59 bits per heavy atom. The molecule has 1 saturated heterocycles. The van der Waals surface area contributed by atoms with Crippen LogP contribution in [0.15, 0.2) is 60.4 Å². The fourth-order valence-electron chi connectivity index (χ4n) is 6.82. The van der Waals surface area contributed by atoms with Crippen LogP contribution in [0.5, 0.6) is 5.75 Å². The van der Waals surface area contributed by atoms with E-state index < -0.39 is 23.6 Å². The van der Waals surface area contributed by atoms with E-state index >= 15 is 0 Å². The van der Waals surface area contributed by atoms with Crippen LogP contribution in [0.4, 0.5) is 0 Å². The number of aliphatic hydroxyl groups excluding tert-OH is 1. The van der Waals surface area contributed by atoms with Crippen molar-refractivity contribution in [2.45, 2.75) is 117 Å². The summed E-state index contributed by atoms with van der Waals surface area (Å²) in [5.74, 6) is -0.00912. The van der Waals surface area contributed by atoms with E-state index in [0.717, 1.165) is 70.5 Å². The molecule has 12 heteroatoms. The minimum absolute atomic E-state index is 0.0328. The van der Waals surface area contributed by atoms with Crippen molar-refractivity contribution in [3.8, 4) is 27.6 Å². The fourth-order valence-corrected chi connectivity index (χ4v) is 7.63. The lowest BCUT2D eigenvalue weighted by atomic mass is 9.85. The number of nitrogens with zero attached hydrogens (tertiary/aromatic N) is 4. The molecule has 3 heterocycles. The van der Waals surface area contributed by atoms with Gasteiger partial charge in [0, 0.05) is 37.3 Å². The molecule has 0 radical (unpaired) electrons. The van der Waals surface area contributed by atoms with Crippen LogP contribution >= 0.6 is 11.3 Å². The van der Waals surface area contributed by atoms with Gasteiger partial charge >= 0.3 is 0 Å². The van der Waals surface area contributed by atoms with Gasteiger partial charge < -0.3 is 25.7 Å². The summed E-state index contributed by atoms with van der Waals surface area (Å²) in [5, 5.41) is 26.4. The highest BCUT2D eigenvalue weighted by Crippen LogP contribution is 2.30. The number of likely N-dealkylation sites (tertiary alicyclic amines) is 1. The Morgan fingerprint density at radius 3 is 2.24 bits per heavy atom. The number of phenolic OH excluding ortho intramolecular Hbond substituents is 1. The molecule has 0 spiro atoms. The first-order valence-electron chi connectivity index (χ1n) is 18.9. The lowest BCUT2D eigenvalue weighted by Crippen LogP contribution is -2.57. The molecule has 0 saturated carbocycles. The van der Waals surface area contributed by atoms with Crippen molar-refractivity contribution in [1.29, 1.82) is 0 Å². The smallest absolute Gasteiger partial charge is 0.246 e. The highest BCUT2D eigenvalue weighted by Gasteiger charge is 2.44.